The van der Waals surface area contributed by atoms with Crippen LogP contribution in [0, 0.1) is 28.6 Å². The summed E-state index contributed by atoms with van der Waals surface area (Å²) in [5.41, 5.74) is -2.22. The van der Waals surface area contributed by atoms with Crippen LogP contribution in [0.5, 0.6) is 0 Å². The van der Waals surface area contributed by atoms with Gasteiger partial charge in [0.25, 0.3) is 0 Å². The maximum Gasteiger partial charge on any atom is 0.303 e. The van der Waals surface area contributed by atoms with Crippen LogP contribution in [0.25, 0.3) is 0 Å². The maximum atomic E-state index is 15.9. The van der Waals surface area contributed by atoms with Crippen LogP contribution >= 0.6 is 0 Å². The highest BCUT2D eigenvalue weighted by Crippen LogP contribution is 2.69. The Hall–Kier alpha value is -1.87. The van der Waals surface area contributed by atoms with Gasteiger partial charge >= 0.3 is 11.9 Å². The predicted octanol–water partition coefficient (Wildman–Crippen LogP) is 4.73. The first-order valence-electron chi connectivity index (χ1n) is 13.5. The topological polar surface area (TPSA) is 96.0 Å². The van der Waals surface area contributed by atoms with Gasteiger partial charge in [-0.3, -0.25) is 19.2 Å². The van der Waals surface area contributed by atoms with E-state index in [9.17, 15) is 19.2 Å². The van der Waals surface area contributed by atoms with E-state index in [2.05, 4.69) is 26.6 Å². The number of ether oxygens (including phenoxy) is 2. The Labute approximate surface area is 220 Å². The number of Topliss-reactive ketones (excluding diaryl/α,β-unsaturated/α-hetero) is 1. The zero-order chi connectivity index (χ0) is 27.6. The van der Waals surface area contributed by atoms with Gasteiger partial charge in [0.1, 0.15) is 6.17 Å². The minimum atomic E-state index is -2.10. The van der Waals surface area contributed by atoms with Crippen LogP contribution in [-0.4, -0.2) is 56.3 Å². The summed E-state index contributed by atoms with van der Waals surface area (Å²) in [7, 11) is -2.10. The quantitative estimate of drug-likeness (QED) is 0.358. The molecule has 9 heteroatoms. The average molecular weight is 537 g/mol. The van der Waals surface area contributed by atoms with E-state index < -0.39 is 55.2 Å². The van der Waals surface area contributed by atoms with E-state index in [0.717, 1.165) is 0 Å². The number of alkyl halides is 1. The van der Waals surface area contributed by atoms with Gasteiger partial charge < -0.3 is 13.9 Å². The van der Waals surface area contributed by atoms with Gasteiger partial charge in [0.05, 0.1) is 0 Å². The second-order valence-corrected chi connectivity index (χ2v) is 17.5. The van der Waals surface area contributed by atoms with E-state index in [0.29, 0.717) is 37.7 Å². The van der Waals surface area contributed by atoms with E-state index >= 15 is 4.39 Å². The van der Waals surface area contributed by atoms with E-state index in [4.69, 9.17) is 13.9 Å². The molecular weight excluding hydrogens is 495 g/mol. The fourth-order valence-electron chi connectivity index (χ4n) is 8.42. The van der Waals surface area contributed by atoms with E-state index in [1.165, 1.54) is 19.9 Å². The highest BCUT2D eigenvalue weighted by atomic mass is 28.4. The molecule has 4 rings (SSSR count). The summed E-state index contributed by atoms with van der Waals surface area (Å²) in [5.74, 6) is -1.82. The molecular formula is C28H41FO7Si. The highest BCUT2D eigenvalue weighted by Gasteiger charge is 2.71. The van der Waals surface area contributed by atoms with E-state index in [1.807, 2.05) is 6.92 Å². The Morgan fingerprint density at radius 3 is 2.38 bits per heavy atom. The lowest BCUT2D eigenvalue weighted by Crippen LogP contribution is -2.65. The summed E-state index contributed by atoms with van der Waals surface area (Å²) >= 11 is 0. The van der Waals surface area contributed by atoms with Gasteiger partial charge in [-0.2, -0.15) is 0 Å². The minimum absolute atomic E-state index is 0.0136. The lowest BCUT2D eigenvalue weighted by Gasteiger charge is -2.62. The summed E-state index contributed by atoms with van der Waals surface area (Å²) in [4.78, 5) is 49.9. The summed E-state index contributed by atoms with van der Waals surface area (Å²) in [6.45, 7) is 12.4. The first-order chi connectivity index (χ1) is 17.0. The standard InChI is InChI=1S/C28H41FO7Si/c1-16(30)34-15-24(33)28(35-17(2)31)11-9-20-19-13-22(29)21-12-18(32)8-10-26(21,3)25(19)23(14-27(20,28)4)36-37(5,6)7/h12,19-20,22-23,25H,8-11,13-15H2,1-7H3/t19-,20-,22?,23?,25+,26-,27-,28-/m0/s1. The molecule has 3 saturated carbocycles. The van der Waals surface area contributed by atoms with E-state index in [-0.39, 0.29) is 36.1 Å². The molecule has 4 aliphatic rings. The van der Waals surface area contributed by atoms with Gasteiger partial charge in [-0.15, -0.1) is 0 Å². The van der Waals surface area contributed by atoms with Crippen molar-refractivity contribution < 1.29 is 37.5 Å². The van der Waals surface area contributed by atoms with Gasteiger partial charge in [0, 0.05) is 31.8 Å². The molecule has 0 aromatic heterocycles. The van der Waals surface area contributed by atoms with Crippen molar-refractivity contribution in [3.63, 3.8) is 0 Å². The third-order valence-electron chi connectivity index (χ3n) is 9.65. The molecule has 0 bridgehead atoms. The van der Waals surface area contributed by atoms with Crippen LogP contribution < -0.4 is 0 Å². The van der Waals surface area contributed by atoms with Crippen molar-refractivity contribution in [1.82, 2.24) is 0 Å². The number of ketones is 2. The van der Waals surface area contributed by atoms with Crippen LogP contribution in [-0.2, 0) is 33.1 Å². The molecule has 0 aromatic carbocycles. The van der Waals surface area contributed by atoms with E-state index in [1.54, 1.807) is 0 Å². The molecule has 37 heavy (non-hydrogen) atoms. The fraction of sp³-hybridized carbons (Fsp3) is 0.786. The maximum absolute atomic E-state index is 15.9. The Morgan fingerprint density at radius 1 is 1.11 bits per heavy atom. The number of carbonyl (C=O) groups is 4. The van der Waals surface area contributed by atoms with Crippen LogP contribution in [0.3, 0.4) is 0 Å². The Bertz CT molecular complexity index is 1030. The molecule has 0 spiro atoms. The smallest absolute Gasteiger partial charge is 0.303 e. The summed E-state index contributed by atoms with van der Waals surface area (Å²) in [5, 5.41) is 0. The third-order valence-corrected chi connectivity index (χ3v) is 10.7. The molecule has 4 aliphatic carbocycles. The molecule has 0 saturated heterocycles. The number of fused-ring (bicyclic) bond motifs is 5. The van der Waals surface area contributed by atoms with Gasteiger partial charge in [-0.25, -0.2) is 4.39 Å². The normalized spacial score (nSPS) is 41.1. The van der Waals surface area contributed by atoms with Gasteiger partial charge in [0.2, 0.25) is 5.78 Å². The summed E-state index contributed by atoms with van der Waals surface area (Å²) in [6, 6.07) is 0. The minimum Gasteiger partial charge on any atom is -0.458 e. The van der Waals surface area contributed by atoms with Crippen LogP contribution in [0.2, 0.25) is 19.6 Å². The van der Waals surface area contributed by atoms with Crippen molar-refractivity contribution in [2.45, 2.75) is 104 Å². The molecule has 3 fully saturated rings. The summed E-state index contributed by atoms with van der Waals surface area (Å²) < 4.78 is 33.7. The number of carbonyl (C=O) groups excluding carboxylic acids is 4. The molecule has 0 heterocycles. The Balaban J connectivity index is 1.83. The SMILES string of the molecule is CC(=O)OCC(=O)[C@@]1(OC(C)=O)CC[C@H]2[C@@H]3CC(F)C4=CC(=O)CC[C@]4(C)[C@H]3C(O[Si](C)(C)C)C[C@@]21C. The Morgan fingerprint density at radius 2 is 1.78 bits per heavy atom. The van der Waals surface area contributed by atoms with Gasteiger partial charge in [-0.1, -0.05) is 13.8 Å². The summed E-state index contributed by atoms with van der Waals surface area (Å²) in [6.07, 6.45) is 2.57. The number of rotatable bonds is 6. The van der Waals surface area contributed by atoms with Crippen molar-refractivity contribution in [2.24, 2.45) is 28.6 Å². The number of esters is 2. The third kappa shape index (κ3) is 4.64. The first kappa shape index (κ1) is 28.1. The molecule has 0 N–H and O–H groups in total. The zero-order valence-corrected chi connectivity index (χ0v) is 24.1. The highest BCUT2D eigenvalue weighted by molar-refractivity contribution is 6.69. The largest absolute Gasteiger partial charge is 0.458 e. The Kier molecular flexibility index (Phi) is 7.15. The second-order valence-electron chi connectivity index (χ2n) is 13.0. The molecule has 8 atom stereocenters. The number of allylic oxidation sites excluding steroid dienone is 1. The fourth-order valence-corrected chi connectivity index (χ4v) is 9.56. The first-order valence-corrected chi connectivity index (χ1v) is 16.9. The number of hydrogen-bond acceptors (Lipinski definition) is 7. The molecule has 0 radical (unpaired) electrons. The van der Waals surface area contributed by atoms with Crippen molar-refractivity contribution >= 4 is 31.8 Å². The van der Waals surface area contributed by atoms with Crippen molar-refractivity contribution in [1.29, 1.82) is 0 Å². The lowest BCUT2D eigenvalue weighted by molar-refractivity contribution is -0.201. The molecule has 0 aromatic rings. The monoisotopic (exact) mass is 536 g/mol. The molecule has 7 nitrogen and oxygen atoms in total. The number of hydrogen-bond donors (Lipinski definition) is 0. The number of halogens is 1. The van der Waals surface area contributed by atoms with Gasteiger partial charge in [-0.05, 0) is 86.6 Å². The molecule has 0 amide bonds. The molecule has 206 valence electrons. The second kappa shape index (κ2) is 9.40. The molecule has 2 unspecified atom stereocenters. The van der Waals surface area contributed by atoms with Crippen LogP contribution in [0.15, 0.2) is 11.6 Å². The van der Waals surface area contributed by atoms with Gasteiger partial charge in [0.15, 0.2) is 26.3 Å². The van der Waals surface area contributed by atoms with Crippen LogP contribution in [0.1, 0.15) is 66.2 Å². The average Bonchev–Trinajstić information content (AvgIpc) is 3.04. The van der Waals surface area contributed by atoms with Crippen molar-refractivity contribution in [3.8, 4) is 0 Å². The molecule has 0 aliphatic heterocycles. The predicted molar refractivity (Wildman–Crippen MR) is 137 cm³/mol. The zero-order valence-electron chi connectivity index (χ0n) is 23.1. The lowest BCUT2D eigenvalue weighted by atomic mass is 9.45. The van der Waals surface area contributed by atoms with Crippen molar-refractivity contribution in [2.75, 3.05) is 6.61 Å². The van der Waals surface area contributed by atoms with Crippen LogP contribution in [0.4, 0.5) is 4.39 Å². The van der Waals surface area contributed by atoms with Crippen molar-refractivity contribution in [3.05, 3.63) is 11.6 Å².